The molecule has 0 atom stereocenters. The first-order chi connectivity index (χ1) is 11.2. The van der Waals surface area contributed by atoms with Crippen LogP contribution in [-0.4, -0.2) is 41.1 Å². The van der Waals surface area contributed by atoms with Crippen molar-refractivity contribution < 1.29 is 0 Å². The minimum atomic E-state index is -0.0800. The van der Waals surface area contributed by atoms with Crippen molar-refractivity contribution >= 4 is 33.3 Å². The zero-order valence-corrected chi connectivity index (χ0v) is 13.6. The molecule has 0 radical (unpaired) electrons. The highest BCUT2D eigenvalue weighted by Gasteiger charge is 2.21. The fourth-order valence-electron chi connectivity index (χ4n) is 2.82. The number of nitrogens with one attached hydrogen (secondary N) is 1. The number of aryl methyl sites for hydroxylation is 1. The number of hydrogen-bond acceptors (Lipinski definition) is 6. The number of H-pyrrole nitrogens is 1. The predicted molar refractivity (Wildman–Crippen MR) is 93.6 cm³/mol. The van der Waals surface area contributed by atoms with Gasteiger partial charge in [0.25, 0.3) is 5.56 Å². The third kappa shape index (κ3) is 2.68. The Bertz CT molecular complexity index is 895. The van der Waals surface area contributed by atoms with Crippen molar-refractivity contribution in [3.63, 3.8) is 0 Å². The third-order valence-corrected chi connectivity index (χ3v) is 5.08. The van der Waals surface area contributed by atoms with Crippen LogP contribution < -0.4 is 15.4 Å². The zero-order valence-electron chi connectivity index (χ0n) is 12.8. The molecule has 0 aliphatic carbocycles. The fraction of sp³-hybridized carbons (Fsp3) is 0.312. The van der Waals surface area contributed by atoms with Crippen molar-refractivity contribution in [3.05, 3.63) is 45.7 Å². The molecule has 1 aliphatic rings. The molecule has 6 nitrogen and oxygen atoms in total. The molecule has 1 N–H and O–H groups in total. The monoisotopic (exact) mass is 327 g/mol. The van der Waals surface area contributed by atoms with Crippen LogP contribution >= 0.6 is 11.3 Å². The van der Waals surface area contributed by atoms with E-state index in [2.05, 4.69) is 30.1 Å². The SMILES string of the molecule is Cc1csc(N2CCN(c3nc4ccccc4c(=O)[nH]3)CC2)n1. The normalized spacial score (nSPS) is 15.3. The lowest BCUT2D eigenvalue weighted by Crippen LogP contribution is -2.47. The number of thiazole rings is 1. The minimum Gasteiger partial charge on any atom is -0.345 e. The number of anilines is 2. The van der Waals surface area contributed by atoms with E-state index >= 15 is 0 Å². The second-order valence-electron chi connectivity index (χ2n) is 5.65. The summed E-state index contributed by atoms with van der Waals surface area (Å²) in [5.41, 5.74) is 1.72. The lowest BCUT2D eigenvalue weighted by Gasteiger charge is -2.34. The van der Waals surface area contributed by atoms with E-state index in [0.717, 1.165) is 42.5 Å². The summed E-state index contributed by atoms with van der Waals surface area (Å²) in [7, 11) is 0. The van der Waals surface area contributed by atoms with Crippen LogP contribution in [0.4, 0.5) is 11.1 Å². The van der Waals surface area contributed by atoms with Gasteiger partial charge in [-0.2, -0.15) is 0 Å². The molecule has 1 saturated heterocycles. The minimum absolute atomic E-state index is 0.0800. The average Bonchev–Trinajstić information content (AvgIpc) is 3.01. The maximum Gasteiger partial charge on any atom is 0.260 e. The van der Waals surface area contributed by atoms with E-state index < -0.39 is 0 Å². The van der Waals surface area contributed by atoms with Gasteiger partial charge >= 0.3 is 0 Å². The van der Waals surface area contributed by atoms with Crippen LogP contribution in [-0.2, 0) is 0 Å². The van der Waals surface area contributed by atoms with Crippen LogP contribution in [0.3, 0.4) is 0 Å². The Balaban J connectivity index is 1.55. The third-order valence-electron chi connectivity index (χ3n) is 4.06. The molecule has 3 heterocycles. The van der Waals surface area contributed by atoms with Crippen LogP contribution in [0.15, 0.2) is 34.4 Å². The predicted octanol–water partition coefficient (Wildman–Crippen LogP) is 2.01. The van der Waals surface area contributed by atoms with E-state index in [1.165, 1.54) is 0 Å². The molecule has 1 fully saturated rings. The molecule has 0 unspecified atom stereocenters. The first-order valence-corrected chi connectivity index (χ1v) is 8.50. The van der Waals surface area contributed by atoms with Gasteiger partial charge in [-0.1, -0.05) is 12.1 Å². The summed E-state index contributed by atoms with van der Waals surface area (Å²) >= 11 is 1.68. The van der Waals surface area contributed by atoms with Gasteiger partial charge < -0.3 is 9.80 Å². The number of nitrogens with zero attached hydrogens (tertiary/aromatic N) is 4. The zero-order chi connectivity index (χ0) is 15.8. The molecule has 23 heavy (non-hydrogen) atoms. The molecule has 7 heteroatoms. The Labute approximate surface area is 137 Å². The van der Waals surface area contributed by atoms with E-state index in [4.69, 9.17) is 0 Å². The van der Waals surface area contributed by atoms with Crippen molar-refractivity contribution in [3.8, 4) is 0 Å². The number of hydrogen-bond donors (Lipinski definition) is 1. The summed E-state index contributed by atoms with van der Waals surface area (Å²) < 4.78 is 0. The van der Waals surface area contributed by atoms with Gasteiger partial charge in [-0.15, -0.1) is 11.3 Å². The molecule has 0 bridgehead atoms. The molecular formula is C16H17N5OS. The van der Waals surface area contributed by atoms with Crippen molar-refractivity contribution in [1.29, 1.82) is 0 Å². The standard InChI is InChI=1S/C16H17N5OS/c1-11-10-23-16(17-11)21-8-6-20(7-9-21)15-18-13-5-3-2-4-12(13)14(22)19-15/h2-5,10H,6-9H2,1H3,(H,18,19,22). The van der Waals surface area contributed by atoms with Gasteiger partial charge in [0.1, 0.15) is 0 Å². The van der Waals surface area contributed by atoms with Gasteiger partial charge in [-0.3, -0.25) is 9.78 Å². The maximum absolute atomic E-state index is 12.2. The summed E-state index contributed by atoms with van der Waals surface area (Å²) in [6, 6.07) is 7.44. The van der Waals surface area contributed by atoms with Crippen molar-refractivity contribution in [2.24, 2.45) is 0 Å². The maximum atomic E-state index is 12.2. The van der Waals surface area contributed by atoms with E-state index in [1.807, 2.05) is 25.1 Å². The van der Waals surface area contributed by atoms with Gasteiger partial charge in [-0.25, -0.2) is 9.97 Å². The van der Waals surface area contributed by atoms with Crippen LogP contribution in [0.2, 0.25) is 0 Å². The summed E-state index contributed by atoms with van der Waals surface area (Å²) in [5.74, 6) is 0.656. The highest BCUT2D eigenvalue weighted by atomic mass is 32.1. The van der Waals surface area contributed by atoms with Crippen LogP contribution in [0.1, 0.15) is 5.69 Å². The number of rotatable bonds is 2. The highest BCUT2D eigenvalue weighted by Crippen LogP contribution is 2.22. The lowest BCUT2D eigenvalue weighted by molar-refractivity contribution is 0.639. The van der Waals surface area contributed by atoms with Gasteiger partial charge in [0, 0.05) is 31.6 Å². The van der Waals surface area contributed by atoms with Gasteiger partial charge in [0.2, 0.25) is 5.95 Å². The van der Waals surface area contributed by atoms with E-state index in [1.54, 1.807) is 17.4 Å². The first kappa shape index (κ1) is 14.2. The van der Waals surface area contributed by atoms with E-state index in [0.29, 0.717) is 11.3 Å². The quantitative estimate of drug-likeness (QED) is 0.780. The van der Waals surface area contributed by atoms with E-state index in [-0.39, 0.29) is 5.56 Å². The van der Waals surface area contributed by atoms with Crippen LogP contribution in [0, 0.1) is 6.92 Å². The first-order valence-electron chi connectivity index (χ1n) is 7.62. The number of aromatic nitrogens is 3. The molecule has 1 aliphatic heterocycles. The summed E-state index contributed by atoms with van der Waals surface area (Å²) in [6.07, 6.45) is 0. The molecule has 1 aromatic carbocycles. The molecule has 0 amide bonds. The molecule has 4 rings (SSSR count). The fourth-order valence-corrected chi connectivity index (χ4v) is 3.68. The smallest absolute Gasteiger partial charge is 0.260 e. The Morgan fingerprint density at radius 3 is 2.57 bits per heavy atom. The second kappa shape index (κ2) is 5.66. The van der Waals surface area contributed by atoms with Gasteiger partial charge in [-0.05, 0) is 19.1 Å². The average molecular weight is 327 g/mol. The van der Waals surface area contributed by atoms with Crippen molar-refractivity contribution in [2.75, 3.05) is 36.0 Å². The topological polar surface area (TPSA) is 65.1 Å². The number of aromatic amines is 1. The molecule has 0 saturated carbocycles. The van der Waals surface area contributed by atoms with Crippen molar-refractivity contribution in [1.82, 2.24) is 15.0 Å². The Morgan fingerprint density at radius 1 is 1.09 bits per heavy atom. The van der Waals surface area contributed by atoms with Crippen molar-refractivity contribution in [2.45, 2.75) is 6.92 Å². The molecule has 2 aromatic heterocycles. The van der Waals surface area contributed by atoms with Gasteiger partial charge in [0.05, 0.1) is 16.6 Å². The summed E-state index contributed by atoms with van der Waals surface area (Å²) in [5, 5.41) is 3.78. The Morgan fingerprint density at radius 2 is 1.83 bits per heavy atom. The Kier molecular flexibility index (Phi) is 3.49. The van der Waals surface area contributed by atoms with E-state index in [9.17, 15) is 4.79 Å². The largest absolute Gasteiger partial charge is 0.345 e. The van der Waals surface area contributed by atoms with Crippen LogP contribution in [0.25, 0.3) is 10.9 Å². The number of benzene rings is 1. The molecule has 3 aromatic rings. The number of piperazine rings is 1. The molecule has 118 valence electrons. The summed E-state index contributed by atoms with van der Waals surface area (Å²) in [6.45, 7) is 5.41. The number of fused-ring (bicyclic) bond motifs is 1. The lowest BCUT2D eigenvalue weighted by atomic mass is 10.2. The molecular weight excluding hydrogens is 310 g/mol. The van der Waals surface area contributed by atoms with Gasteiger partial charge in [0.15, 0.2) is 5.13 Å². The summed E-state index contributed by atoms with van der Waals surface area (Å²) in [4.78, 5) is 28.7. The second-order valence-corrected chi connectivity index (χ2v) is 6.49. The highest BCUT2D eigenvalue weighted by molar-refractivity contribution is 7.13. The molecule has 0 spiro atoms. The Hall–Kier alpha value is -2.41. The van der Waals surface area contributed by atoms with Crippen LogP contribution in [0.5, 0.6) is 0 Å². The number of para-hydroxylation sites is 1.